The van der Waals surface area contributed by atoms with E-state index in [1.807, 2.05) is 12.2 Å². The lowest BCUT2D eigenvalue weighted by molar-refractivity contribution is -0.140. The smallest absolute Gasteiger partial charge is 0.305 e. The van der Waals surface area contributed by atoms with E-state index in [0.717, 1.165) is 6.42 Å². The van der Waals surface area contributed by atoms with E-state index in [2.05, 4.69) is 31.4 Å². The predicted molar refractivity (Wildman–Crippen MR) is 51.7 cm³/mol. The average molecular weight is 231 g/mol. The van der Waals surface area contributed by atoms with Crippen LogP contribution in [-0.4, -0.2) is 13.1 Å². The maximum absolute atomic E-state index is 10.6. The summed E-state index contributed by atoms with van der Waals surface area (Å²) >= 11 is 2.98. The molecule has 0 spiro atoms. The van der Waals surface area contributed by atoms with Gasteiger partial charge in [0, 0.05) is 28.8 Å². The van der Waals surface area contributed by atoms with Crippen LogP contribution in [0.3, 0.4) is 0 Å². The van der Waals surface area contributed by atoms with Gasteiger partial charge in [-0.05, 0) is 11.3 Å². The minimum absolute atomic E-state index is 0.175. The van der Waals surface area contributed by atoms with Gasteiger partial charge in [0.1, 0.15) is 0 Å². The first-order valence-electron chi connectivity index (χ1n) is 3.61. The van der Waals surface area contributed by atoms with Crippen LogP contribution in [0.4, 0.5) is 0 Å². The van der Waals surface area contributed by atoms with Crippen LogP contribution in [-0.2, 0) is 9.53 Å². The second-order valence-corrected chi connectivity index (χ2v) is 2.46. The van der Waals surface area contributed by atoms with Gasteiger partial charge in [-0.3, -0.25) is 4.79 Å². The van der Waals surface area contributed by atoms with Crippen molar-refractivity contribution in [2.45, 2.75) is 19.3 Å². The highest BCUT2D eigenvalue weighted by Crippen LogP contribution is 1.94. The molecular formula is C9H11BrO2. The van der Waals surface area contributed by atoms with E-state index < -0.39 is 0 Å². The molecule has 0 radical (unpaired) electrons. The molecule has 0 amide bonds. The summed E-state index contributed by atoms with van der Waals surface area (Å²) < 4.78 is 4.47. The minimum Gasteiger partial charge on any atom is -0.469 e. The molecular weight excluding hydrogens is 220 g/mol. The fourth-order valence-electron chi connectivity index (χ4n) is 0.602. The second kappa shape index (κ2) is 8.35. The summed E-state index contributed by atoms with van der Waals surface area (Å²) in [7, 11) is 1.39. The maximum Gasteiger partial charge on any atom is 0.305 e. The molecule has 0 N–H and O–H groups in total. The van der Waals surface area contributed by atoms with Crippen LogP contribution >= 0.6 is 15.9 Å². The SMILES string of the molecule is COC(=O)CC/C=C\CC#CBr. The summed E-state index contributed by atoms with van der Waals surface area (Å²) in [5, 5.41) is 0. The van der Waals surface area contributed by atoms with Crippen molar-refractivity contribution >= 4 is 21.9 Å². The molecule has 0 unspecified atom stereocenters. The lowest BCUT2D eigenvalue weighted by Crippen LogP contribution is -1.97. The van der Waals surface area contributed by atoms with Crippen molar-refractivity contribution in [2.24, 2.45) is 0 Å². The third kappa shape index (κ3) is 7.36. The van der Waals surface area contributed by atoms with E-state index in [4.69, 9.17) is 0 Å². The summed E-state index contributed by atoms with van der Waals surface area (Å²) in [5.74, 6) is 2.64. The van der Waals surface area contributed by atoms with Crippen LogP contribution in [0.25, 0.3) is 0 Å². The highest BCUT2D eigenvalue weighted by molar-refractivity contribution is 9.12. The van der Waals surface area contributed by atoms with Gasteiger partial charge in [0.2, 0.25) is 0 Å². The zero-order chi connectivity index (χ0) is 9.23. The molecule has 0 aliphatic rings. The summed E-state index contributed by atoms with van der Waals surface area (Å²) in [6.45, 7) is 0. The normalized spacial score (nSPS) is 9.17. The molecule has 0 aliphatic carbocycles. The number of carbonyl (C=O) groups excluding carboxylic acids is 1. The van der Waals surface area contributed by atoms with Gasteiger partial charge < -0.3 is 4.74 Å². The van der Waals surface area contributed by atoms with E-state index in [0.29, 0.717) is 12.8 Å². The molecule has 66 valence electrons. The molecule has 3 heteroatoms. The number of halogens is 1. The molecule has 0 fully saturated rings. The van der Waals surface area contributed by atoms with E-state index in [1.165, 1.54) is 7.11 Å². The van der Waals surface area contributed by atoms with E-state index >= 15 is 0 Å². The molecule has 0 rings (SSSR count). The van der Waals surface area contributed by atoms with Crippen molar-refractivity contribution in [3.05, 3.63) is 12.2 Å². The van der Waals surface area contributed by atoms with Crippen LogP contribution in [0.5, 0.6) is 0 Å². The number of ether oxygens (including phenoxy) is 1. The van der Waals surface area contributed by atoms with Gasteiger partial charge in [0.05, 0.1) is 7.11 Å². The van der Waals surface area contributed by atoms with Gasteiger partial charge in [-0.15, -0.1) is 0 Å². The third-order valence-corrected chi connectivity index (χ3v) is 1.48. The van der Waals surface area contributed by atoms with Gasteiger partial charge in [-0.2, -0.15) is 0 Å². The molecule has 0 saturated carbocycles. The highest BCUT2D eigenvalue weighted by Gasteiger charge is 1.94. The number of hydrogen-bond donors (Lipinski definition) is 0. The van der Waals surface area contributed by atoms with Gasteiger partial charge in [0.25, 0.3) is 0 Å². The number of hydrogen-bond acceptors (Lipinski definition) is 2. The zero-order valence-electron chi connectivity index (χ0n) is 6.97. The molecule has 12 heavy (non-hydrogen) atoms. The predicted octanol–water partition coefficient (Wildman–Crippen LogP) is 2.24. The number of methoxy groups -OCH3 is 1. The lowest BCUT2D eigenvalue weighted by atomic mass is 10.3. The van der Waals surface area contributed by atoms with Crippen molar-refractivity contribution in [3.8, 4) is 10.8 Å². The van der Waals surface area contributed by atoms with Crippen LogP contribution in [0.2, 0.25) is 0 Å². The van der Waals surface area contributed by atoms with Crippen LogP contribution in [0.15, 0.2) is 12.2 Å². The topological polar surface area (TPSA) is 26.3 Å². The average Bonchev–Trinajstić information content (AvgIpc) is 2.10. The first-order valence-corrected chi connectivity index (χ1v) is 4.41. The summed E-state index contributed by atoms with van der Waals surface area (Å²) in [5.41, 5.74) is 0. The molecule has 0 atom stereocenters. The van der Waals surface area contributed by atoms with E-state index in [9.17, 15) is 4.79 Å². The molecule has 0 aromatic carbocycles. The fourth-order valence-corrected chi connectivity index (χ4v) is 0.764. The largest absolute Gasteiger partial charge is 0.469 e. The summed E-state index contributed by atoms with van der Waals surface area (Å²) in [4.78, 5) is 13.2. The summed E-state index contributed by atoms with van der Waals surface area (Å²) in [6, 6.07) is 0. The Balaban J connectivity index is 3.34. The zero-order valence-corrected chi connectivity index (χ0v) is 8.56. The Bertz CT molecular complexity index is 210. The van der Waals surface area contributed by atoms with Crippen LogP contribution in [0, 0.1) is 10.8 Å². The molecule has 0 aromatic rings. The molecule has 0 saturated heterocycles. The Hall–Kier alpha value is -0.750. The van der Waals surface area contributed by atoms with Gasteiger partial charge in [-0.25, -0.2) is 0 Å². The van der Waals surface area contributed by atoms with Crippen molar-refractivity contribution in [2.75, 3.05) is 7.11 Å². The van der Waals surface area contributed by atoms with Crippen molar-refractivity contribution in [1.29, 1.82) is 0 Å². The monoisotopic (exact) mass is 230 g/mol. The Morgan fingerprint density at radius 1 is 1.58 bits per heavy atom. The summed E-state index contributed by atoms with van der Waals surface area (Å²) in [6.07, 6.45) is 5.73. The first kappa shape index (κ1) is 11.2. The van der Waals surface area contributed by atoms with Gasteiger partial charge >= 0.3 is 5.97 Å². The van der Waals surface area contributed by atoms with Crippen molar-refractivity contribution in [3.63, 3.8) is 0 Å². The Morgan fingerprint density at radius 2 is 2.33 bits per heavy atom. The van der Waals surface area contributed by atoms with Crippen molar-refractivity contribution in [1.82, 2.24) is 0 Å². The molecule has 0 aliphatic heterocycles. The molecule has 2 nitrogen and oxygen atoms in total. The molecule has 0 aromatic heterocycles. The molecule has 0 bridgehead atoms. The Labute approximate surface area is 81.1 Å². The van der Waals surface area contributed by atoms with Crippen LogP contribution in [0.1, 0.15) is 19.3 Å². The first-order chi connectivity index (χ1) is 5.81. The third-order valence-electron chi connectivity index (χ3n) is 1.20. The fraction of sp³-hybridized carbons (Fsp3) is 0.444. The minimum atomic E-state index is -0.175. The maximum atomic E-state index is 10.6. The van der Waals surface area contributed by atoms with E-state index in [-0.39, 0.29) is 5.97 Å². The highest BCUT2D eigenvalue weighted by atomic mass is 79.9. The van der Waals surface area contributed by atoms with Crippen LogP contribution < -0.4 is 0 Å². The van der Waals surface area contributed by atoms with Gasteiger partial charge in [-0.1, -0.05) is 18.1 Å². The Morgan fingerprint density at radius 3 is 2.92 bits per heavy atom. The van der Waals surface area contributed by atoms with Gasteiger partial charge in [0.15, 0.2) is 0 Å². The number of rotatable bonds is 4. The quantitative estimate of drug-likeness (QED) is 0.421. The second-order valence-electron chi connectivity index (χ2n) is 2.06. The van der Waals surface area contributed by atoms with E-state index in [1.54, 1.807) is 0 Å². The lowest BCUT2D eigenvalue weighted by Gasteiger charge is -1.92. The molecule has 0 heterocycles. The Kier molecular flexibility index (Phi) is 7.83. The standard InChI is InChI=1S/C9H11BrO2/c1-12-9(11)7-5-3-2-4-6-8-10/h2-3H,4-5,7H2,1H3/b3-2-. The van der Waals surface area contributed by atoms with Crippen molar-refractivity contribution < 1.29 is 9.53 Å². The number of allylic oxidation sites excluding steroid dienone is 2. The number of esters is 1. The number of carbonyl (C=O) groups is 1.